The topological polar surface area (TPSA) is 75.7 Å². The molecular formula is C17H21N5O. The molecule has 0 radical (unpaired) electrons. The van der Waals surface area contributed by atoms with E-state index in [2.05, 4.69) is 51.2 Å². The number of aromatic amines is 1. The third-order valence-corrected chi connectivity index (χ3v) is 3.44. The smallest absolute Gasteiger partial charge is 0.182 e. The summed E-state index contributed by atoms with van der Waals surface area (Å²) in [6, 6.07) is 8.25. The first-order chi connectivity index (χ1) is 11.2. The van der Waals surface area contributed by atoms with Crippen molar-refractivity contribution in [1.82, 2.24) is 19.9 Å². The Morgan fingerprint density at radius 2 is 1.96 bits per heavy atom. The number of imidazole rings is 1. The molecule has 0 aliphatic heterocycles. The fourth-order valence-electron chi connectivity index (χ4n) is 2.24. The lowest BCUT2D eigenvalue weighted by Crippen LogP contribution is -2.07. The van der Waals surface area contributed by atoms with Crippen LogP contribution in [0, 0.1) is 5.92 Å². The minimum atomic E-state index is 0.533. The Labute approximate surface area is 135 Å². The lowest BCUT2D eigenvalue weighted by atomic mass is 10.1. The molecule has 0 fully saturated rings. The molecule has 0 amide bonds. The first-order valence-electron chi connectivity index (χ1n) is 7.82. The minimum Gasteiger partial charge on any atom is -0.493 e. The fourth-order valence-corrected chi connectivity index (χ4v) is 2.24. The lowest BCUT2D eigenvalue weighted by Gasteiger charge is -2.10. The van der Waals surface area contributed by atoms with E-state index in [0.717, 1.165) is 36.7 Å². The number of aromatic nitrogens is 4. The summed E-state index contributed by atoms with van der Waals surface area (Å²) >= 11 is 0. The summed E-state index contributed by atoms with van der Waals surface area (Å²) in [5.41, 5.74) is 2.77. The standard InChI is InChI=1S/C17H21N5O/c1-12(2)9-23-14-5-3-13(4-6-14)7-8-18-16-15-17(20-10-19-15)22-11-21-16/h3-6,10-12H,7-9H2,1-2H3,(H2,18,19,20,21,22). The second-order valence-corrected chi connectivity index (χ2v) is 5.85. The van der Waals surface area contributed by atoms with Crippen LogP contribution in [0.25, 0.3) is 11.2 Å². The van der Waals surface area contributed by atoms with E-state index in [1.165, 1.54) is 11.9 Å². The van der Waals surface area contributed by atoms with Crippen LogP contribution in [-0.4, -0.2) is 33.1 Å². The number of ether oxygens (including phenoxy) is 1. The second-order valence-electron chi connectivity index (χ2n) is 5.85. The van der Waals surface area contributed by atoms with E-state index >= 15 is 0 Å². The zero-order valence-corrected chi connectivity index (χ0v) is 13.4. The number of benzene rings is 1. The lowest BCUT2D eigenvalue weighted by molar-refractivity contribution is 0.271. The van der Waals surface area contributed by atoms with Gasteiger partial charge in [0.2, 0.25) is 0 Å². The summed E-state index contributed by atoms with van der Waals surface area (Å²) in [6.07, 6.45) is 4.05. The van der Waals surface area contributed by atoms with Crippen molar-refractivity contribution in [2.75, 3.05) is 18.5 Å². The molecule has 0 aliphatic carbocycles. The summed E-state index contributed by atoms with van der Waals surface area (Å²) in [5, 5.41) is 3.32. The average molecular weight is 311 g/mol. The first kappa shape index (κ1) is 15.3. The van der Waals surface area contributed by atoms with E-state index in [1.54, 1.807) is 6.33 Å². The van der Waals surface area contributed by atoms with Crippen molar-refractivity contribution in [3.05, 3.63) is 42.5 Å². The number of nitrogens with zero attached hydrogens (tertiary/aromatic N) is 3. The van der Waals surface area contributed by atoms with Crippen LogP contribution in [0.4, 0.5) is 5.82 Å². The quantitative estimate of drug-likeness (QED) is 0.701. The summed E-state index contributed by atoms with van der Waals surface area (Å²) < 4.78 is 5.69. The predicted octanol–water partition coefficient (Wildman–Crippen LogP) is 3.04. The van der Waals surface area contributed by atoms with Gasteiger partial charge in [0.1, 0.15) is 17.6 Å². The van der Waals surface area contributed by atoms with Gasteiger partial charge in [-0.25, -0.2) is 15.0 Å². The molecule has 1 aromatic carbocycles. The van der Waals surface area contributed by atoms with E-state index < -0.39 is 0 Å². The monoisotopic (exact) mass is 311 g/mol. The van der Waals surface area contributed by atoms with E-state index in [1.807, 2.05) is 12.1 Å². The van der Waals surface area contributed by atoms with E-state index in [0.29, 0.717) is 11.6 Å². The molecule has 0 aliphatic rings. The van der Waals surface area contributed by atoms with Gasteiger partial charge >= 0.3 is 0 Å². The second kappa shape index (κ2) is 7.09. The van der Waals surface area contributed by atoms with Gasteiger partial charge < -0.3 is 15.0 Å². The van der Waals surface area contributed by atoms with Crippen molar-refractivity contribution < 1.29 is 4.74 Å². The highest BCUT2D eigenvalue weighted by Gasteiger charge is 2.05. The molecule has 0 saturated heterocycles. The van der Waals surface area contributed by atoms with Crippen LogP contribution in [0.2, 0.25) is 0 Å². The number of H-pyrrole nitrogens is 1. The van der Waals surface area contributed by atoms with Gasteiger partial charge in [0.05, 0.1) is 12.9 Å². The zero-order valence-electron chi connectivity index (χ0n) is 13.4. The van der Waals surface area contributed by atoms with Crippen LogP contribution < -0.4 is 10.1 Å². The Kier molecular flexibility index (Phi) is 4.71. The van der Waals surface area contributed by atoms with Crippen molar-refractivity contribution in [1.29, 1.82) is 0 Å². The Morgan fingerprint density at radius 3 is 2.74 bits per heavy atom. The number of nitrogens with one attached hydrogen (secondary N) is 2. The van der Waals surface area contributed by atoms with E-state index in [-0.39, 0.29) is 0 Å². The molecule has 0 spiro atoms. The summed E-state index contributed by atoms with van der Waals surface area (Å²) in [5.74, 6) is 2.24. The van der Waals surface area contributed by atoms with Gasteiger partial charge in [0.25, 0.3) is 0 Å². The summed E-state index contributed by atoms with van der Waals surface area (Å²) in [4.78, 5) is 15.5. The fraction of sp³-hybridized carbons (Fsp3) is 0.353. The van der Waals surface area contributed by atoms with Crippen molar-refractivity contribution in [3.8, 4) is 5.75 Å². The number of hydrogen-bond acceptors (Lipinski definition) is 5. The number of hydrogen-bond donors (Lipinski definition) is 2. The Hall–Kier alpha value is -2.63. The highest BCUT2D eigenvalue weighted by Crippen LogP contribution is 2.16. The number of rotatable bonds is 7. The maximum atomic E-state index is 5.69. The molecule has 2 aromatic heterocycles. The molecule has 3 rings (SSSR count). The maximum Gasteiger partial charge on any atom is 0.182 e. The van der Waals surface area contributed by atoms with Crippen molar-refractivity contribution in [3.63, 3.8) is 0 Å². The third-order valence-electron chi connectivity index (χ3n) is 3.44. The van der Waals surface area contributed by atoms with E-state index in [4.69, 9.17) is 4.74 Å². The van der Waals surface area contributed by atoms with Gasteiger partial charge in [-0.15, -0.1) is 0 Å². The largest absolute Gasteiger partial charge is 0.493 e. The van der Waals surface area contributed by atoms with Gasteiger partial charge in [-0.3, -0.25) is 0 Å². The highest BCUT2D eigenvalue weighted by molar-refractivity contribution is 5.81. The van der Waals surface area contributed by atoms with Crippen molar-refractivity contribution in [2.24, 2.45) is 5.92 Å². The number of fused-ring (bicyclic) bond motifs is 1. The molecule has 3 aromatic rings. The molecular weight excluding hydrogens is 290 g/mol. The van der Waals surface area contributed by atoms with Gasteiger partial charge in [-0.05, 0) is 30.0 Å². The maximum absolute atomic E-state index is 5.69. The SMILES string of the molecule is CC(C)COc1ccc(CCNc2ncnc3nc[nH]c23)cc1. The van der Waals surface area contributed by atoms with Crippen LogP contribution in [-0.2, 0) is 6.42 Å². The summed E-state index contributed by atoms with van der Waals surface area (Å²) in [6.45, 7) is 5.82. The highest BCUT2D eigenvalue weighted by atomic mass is 16.5. The molecule has 6 nitrogen and oxygen atoms in total. The van der Waals surface area contributed by atoms with Crippen LogP contribution in [0.15, 0.2) is 36.9 Å². The molecule has 0 bridgehead atoms. The number of anilines is 1. The first-order valence-corrected chi connectivity index (χ1v) is 7.82. The van der Waals surface area contributed by atoms with Gasteiger partial charge in [0, 0.05) is 6.54 Å². The average Bonchev–Trinajstić information content (AvgIpc) is 3.03. The molecule has 0 unspecified atom stereocenters. The normalized spacial score (nSPS) is 11.1. The molecule has 0 saturated carbocycles. The Bertz CT molecular complexity index is 751. The van der Waals surface area contributed by atoms with Crippen molar-refractivity contribution >= 4 is 17.0 Å². The van der Waals surface area contributed by atoms with Crippen molar-refractivity contribution in [2.45, 2.75) is 20.3 Å². The molecule has 2 heterocycles. The van der Waals surface area contributed by atoms with Crippen LogP contribution in [0.3, 0.4) is 0 Å². The predicted molar refractivity (Wildman–Crippen MR) is 90.7 cm³/mol. The van der Waals surface area contributed by atoms with E-state index in [9.17, 15) is 0 Å². The molecule has 2 N–H and O–H groups in total. The van der Waals surface area contributed by atoms with Gasteiger partial charge in [0.15, 0.2) is 11.5 Å². The summed E-state index contributed by atoms with van der Waals surface area (Å²) in [7, 11) is 0. The minimum absolute atomic E-state index is 0.533. The van der Waals surface area contributed by atoms with Gasteiger partial charge in [-0.1, -0.05) is 26.0 Å². The molecule has 23 heavy (non-hydrogen) atoms. The van der Waals surface area contributed by atoms with Crippen LogP contribution in [0.1, 0.15) is 19.4 Å². The van der Waals surface area contributed by atoms with Crippen LogP contribution in [0.5, 0.6) is 5.75 Å². The Balaban J connectivity index is 1.53. The molecule has 0 atom stereocenters. The van der Waals surface area contributed by atoms with Crippen LogP contribution >= 0.6 is 0 Å². The third kappa shape index (κ3) is 3.97. The van der Waals surface area contributed by atoms with Gasteiger partial charge in [-0.2, -0.15) is 0 Å². The Morgan fingerprint density at radius 1 is 1.13 bits per heavy atom. The zero-order chi connectivity index (χ0) is 16.1. The molecule has 6 heteroatoms. The molecule has 120 valence electrons.